The van der Waals surface area contributed by atoms with Crippen molar-refractivity contribution in [2.45, 2.75) is 32.7 Å². The Morgan fingerprint density at radius 3 is 2.81 bits per heavy atom. The Labute approximate surface area is 126 Å². The highest BCUT2D eigenvalue weighted by Crippen LogP contribution is 2.10. The molecule has 0 aliphatic carbocycles. The van der Waals surface area contributed by atoms with Gasteiger partial charge in [0.2, 0.25) is 0 Å². The van der Waals surface area contributed by atoms with Crippen molar-refractivity contribution in [2.75, 3.05) is 19.6 Å². The zero-order chi connectivity index (χ0) is 15.1. The maximum Gasteiger partial charge on any atom is 0.251 e. The van der Waals surface area contributed by atoms with Gasteiger partial charge in [-0.3, -0.25) is 4.79 Å². The summed E-state index contributed by atoms with van der Waals surface area (Å²) in [5.74, 6) is 0.561. The van der Waals surface area contributed by atoms with Crippen LogP contribution >= 0.6 is 0 Å². The highest BCUT2D eigenvalue weighted by molar-refractivity contribution is 5.94. The lowest BCUT2D eigenvalue weighted by Gasteiger charge is -2.27. The molecule has 0 radical (unpaired) electrons. The lowest BCUT2D eigenvalue weighted by Crippen LogP contribution is -2.40. The average molecular weight is 288 g/mol. The maximum absolute atomic E-state index is 11.8. The van der Waals surface area contributed by atoms with E-state index in [4.69, 9.17) is 5.73 Å². The van der Waals surface area contributed by atoms with Gasteiger partial charge in [-0.2, -0.15) is 0 Å². The monoisotopic (exact) mass is 288 g/mol. The fourth-order valence-electron chi connectivity index (χ4n) is 2.47. The molecule has 0 aromatic heterocycles. The zero-order valence-electron chi connectivity index (χ0n) is 12.6. The van der Waals surface area contributed by atoms with Crippen molar-refractivity contribution in [3.8, 4) is 0 Å². The van der Waals surface area contributed by atoms with Crippen LogP contribution in [0.5, 0.6) is 0 Å². The van der Waals surface area contributed by atoms with Gasteiger partial charge in [0, 0.05) is 25.2 Å². The average Bonchev–Trinajstić information content (AvgIpc) is 2.54. The molecule has 3 N–H and O–H groups in total. The van der Waals surface area contributed by atoms with E-state index in [1.165, 1.54) is 19.3 Å². The number of piperidine rings is 1. The Morgan fingerprint density at radius 1 is 1.33 bits per heavy atom. The fourth-order valence-corrected chi connectivity index (χ4v) is 2.47. The van der Waals surface area contributed by atoms with Crippen molar-refractivity contribution in [3.63, 3.8) is 0 Å². The number of benzene rings is 1. The van der Waals surface area contributed by atoms with Crippen LogP contribution in [0.2, 0.25) is 0 Å². The van der Waals surface area contributed by atoms with Gasteiger partial charge in [-0.1, -0.05) is 12.1 Å². The molecule has 0 bridgehead atoms. The largest absolute Gasteiger partial charge is 0.370 e. The first-order valence-corrected chi connectivity index (χ1v) is 7.62. The molecule has 114 valence electrons. The zero-order valence-corrected chi connectivity index (χ0v) is 12.6. The number of carbonyl (C=O) groups excluding carboxylic acids is 1. The number of hydrogen-bond donors (Lipinski definition) is 2. The van der Waals surface area contributed by atoms with Gasteiger partial charge in [-0.25, -0.2) is 4.99 Å². The van der Waals surface area contributed by atoms with E-state index in [1.54, 1.807) is 0 Å². The van der Waals surface area contributed by atoms with Crippen LogP contribution in [-0.4, -0.2) is 36.4 Å². The minimum absolute atomic E-state index is 0.0488. The van der Waals surface area contributed by atoms with Gasteiger partial charge in [0.1, 0.15) is 0 Å². The third kappa shape index (κ3) is 4.48. The molecule has 0 saturated carbocycles. The summed E-state index contributed by atoms with van der Waals surface area (Å²) in [5, 5.41) is 2.80. The van der Waals surface area contributed by atoms with E-state index >= 15 is 0 Å². The van der Waals surface area contributed by atoms with E-state index in [0.29, 0.717) is 24.6 Å². The quantitative estimate of drug-likeness (QED) is 0.655. The number of likely N-dealkylation sites (tertiary alicyclic amines) is 1. The normalized spacial score (nSPS) is 15.9. The second-order valence-corrected chi connectivity index (χ2v) is 5.28. The number of hydrogen-bond acceptors (Lipinski definition) is 2. The first-order chi connectivity index (χ1) is 10.2. The van der Waals surface area contributed by atoms with Crippen LogP contribution < -0.4 is 11.1 Å². The highest BCUT2D eigenvalue weighted by atomic mass is 16.1. The number of aliphatic imine (C=N–C) groups is 1. The first-order valence-electron chi connectivity index (χ1n) is 7.62. The number of guanidine groups is 1. The number of nitrogens with two attached hydrogens (primary N) is 1. The van der Waals surface area contributed by atoms with Gasteiger partial charge in [-0.05, 0) is 43.9 Å². The Bertz CT molecular complexity index is 507. The molecule has 2 rings (SSSR count). The number of carbonyl (C=O) groups is 1. The van der Waals surface area contributed by atoms with Crippen LogP contribution in [0, 0.1) is 0 Å². The summed E-state index contributed by atoms with van der Waals surface area (Å²) in [5.41, 5.74) is 7.70. The Kier molecular flexibility index (Phi) is 5.60. The molecule has 1 aliphatic rings. The Balaban J connectivity index is 1.99. The fraction of sp³-hybridized carbons (Fsp3) is 0.500. The van der Waals surface area contributed by atoms with Gasteiger partial charge in [0.15, 0.2) is 5.96 Å². The van der Waals surface area contributed by atoms with Crippen molar-refractivity contribution >= 4 is 11.9 Å². The van der Waals surface area contributed by atoms with Crippen LogP contribution in [0.1, 0.15) is 42.1 Å². The van der Waals surface area contributed by atoms with E-state index in [-0.39, 0.29) is 5.91 Å². The van der Waals surface area contributed by atoms with Crippen LogP contribution in [0.15, 0.2) is 29.3 Å². The third-order valence-corrected chi connectivity index (χ3v) is 3.63. The van der Waals surface area contributed by atoms with Crippen molar-refractivity contribution in [2.24, 2.45) is 10.7 Å². The summed E-state index contributed by atoms with van der Waals surface area (Å²) in [6.07, 6.45) is 3.64. The molecule has 0 spiro atoms. The van der Waals surface area contributed by atoms with Crippen LogP contribution in [0.25, 0.3) is 0 Å². The third-order valence-electron chi connectivity index (χ3n) is 3.63. The summed E-state index contributed by atoms with van der Waals surface area (Å²) in [6.45, 7) is 5.03. The standard InChI is InChI=1S/C16H24N4O/c1-2-18-15(21)14-8-6-7-13(11-14)12-19-16(17)20-9-4-3-5-10-20/h6-8,11H,2-5,9-10,12H2,1H3,(H2,17,19)(H,18,21). The molecule has 1 amide bonds. The molecule has 5 heteroatoms. The van der Waals surface area contributed by atoms with Gasteiger partial charge in [-0.15, -0.1) is 0 Å². The lowest BCUT2D eigenvalue weighted by molar-refractivity contribution is 0.0955. The molecule has 1 saturated heterocycles. The van der Waals surface area contributed by atoms with Crippen LogP contribution in [0.4, 0.5) is 0 Å². The van der Waals surface area contributed by atoms with E-state index < -0.39 is 0 Å². The van der Waals surface area contributed by atoms with E-state index in [9.17, 15) is 4.79 Å². The number of amides is 1. The van der Waals surface area contributed by atoms with Gasteiger partial charge in [0.25, 0.3) is 5.91 Å². The molecule has 1 aliphatic heterocycles. The van der Waals surface area contributed by atoms with Gasteiger partial charge in [0.05, 0.1) is 6.54 Å². The molecule has 1 fully saturated rings. The minimum Gasteiger partial charge on any atom is -0.370 e. The summed E-state index contributed by atoms with van der Waals surface area (Å²) in [7, 11) is 0. The smallest absolute Gasteiger partial charge is 0.251 e. The summed E-state index contributed by atoms with van der Waals surface area (Å²) >= 11 is 0. The van der Waals surface area contributed by atoms with E-state index in [2.05, 4.69) is 15.2 Å². The second-order valence-electron chi connectivity index (χ2n) is 5.28. The van der Waals surface area contributed by atoms with E-state index in [0.717, 1.165) is 18.7 Å². The molecule has 1 heterocycles. The van der Waals surface area contributed by atoms with Gasteiger partial charge < -0.3 is 16.0 Å². The maximum atomic E-state index is 11.8. The summed E-state index contributed by atoms with van der Waals surface area (Å²) in [4.78, 5) is 18.4. The SMILES string of the molecule is CCNC(=O)c1cccc(CN=C(N)N2CCCCC2)c1. The number of rotatable bonds is 4. The molecule has 5 nitrogen and oxygen atoms in total. The summed E-state index contributed by atoms with van der Waals surface area (Å²) in [6, 6.07) is 7.53. The van der Waals surface area contributed by atoms with E-state index in [1.807, 2.05) is 31.2 Å². The highest BCUT2D eigenvalue weighted by Gasteiger charge is 2.11. The molecule has 1 aromatic rings. The molecular formula is C16H24N4O. The van der Waals surface area contributed by atoms with Crippen LogP contribution in [0.3, 0.4) is 0 Å². The molecule has 21 heavy (non-hydrogen) atoms. The molecule has 0 unspecified atom stereocenters. The topological polar surface area (TPSA) is 70.7 Å². The van der Waals surface area contributed by atoms with Crippen molar-refractivity contribution in [1.82, 2.24) is 10.2 Å². The van der Waals surface area contributed by atoms with Gasteiger partial charge >= 0.3 is 0 Å². The van der Waals surface area contributed by atoms with Crippen molar-refractivity contribution in [3.05, 3.63) is 35.4 Å². The minimum atomic E-state index is -0.0488. The van der Waals surface area contributed by atoms with Crippen LogP contribution in [-0.2, 0) is 6.54 Å². The predicted octanol–water partition coefficient (Wildman–Crippen LogP) is 1.74. The molecule has 0 atom stereocenters. The van der Waals surface area contributed by atoms with Crippen molar-refractivity contribution < 1.29 is 4.79 Å². The summed E-state index contributed by atoms with van der Waals surface area (Å²) < 4.78 is 0. The Morgan fingerprint density at radius 2 is 2.10 bits per heavy atom. The molecular weight excluding hydrogens is 264 g/mol. The van der Waals surface area contributed by atoms with Crippen molar-refractivity contribution in [1.29, 1.82) is 0 Å². The molecule has 1 aromatic carbocycles. The Hall–Kier alpha value is -2.04. The number of nitrogens with zero attached hydrogens (tertiary/aromatic N) is 2. The first kappa shape index (κ1) is 15.4. The second kappa shape index (κ2) is 7.67. The predicted molar refractivity (Wildman–Crippen MR) is 85.2 cm³/mol. The number of nitrogens with one attached hydrogen (secondary N) is 1. The lowest BCUT2D eigenvalue weighted by atomic mass is 10.1.